The largest absolute Gasteiger partial charge is 0.396 e. The van der Waals surface area contributed by atoms with Crippen LogP contribution in [0.4, 0.5) is 0 Å². The highest BCUT2D eigenvalue weighted by Gasteiger charge is 2.20. The first-order valence-corrected chi connectivity index (χ1v) is 5.05. The third-order valence-electron chi connectivity index (χ3n) is 2.78. The molecule has 0 atom stereocenters. The van der Waals surface area contributed by atoms with E-state index in [-0.39, 0.29) is 0 Å². The van der Waals surface area contributed by atoms with Crippen molar-refractivity contribution in [2.75, 3.05) is 19.8 Å². The van der Waals surface area contributed by atoms with E-state index in [0.29, 0.717) is 12.5 Å². The molecule has 1 aliphatic carbocycles. The Bertz CT molecular complexity index is 106. The minimum Gasteiger partial charge on any atom is -0.396 e. The van der Waals surface area contributed by atoms with Gasteiger partial charge in [-0.05, 0) is 44.4 Å². The maximum Gasteiger partial charge on any atom is 0.0494 e. The predicted molar refractivity (Wildman–Crippen MR) is 49.0 cm³/mol. The van der Waals surface area contributed by atoms with Crippen molar-refractivity contribution < 1.29 is 9.84 Å². The van der Waals surface area contributed by atoms with Crippen LogP contribution in [0.25, 0.3) is 0 Å². The molecule has 0 spiro atoms. The van der Waals surface area contributed by atoms with Crippen molar-refractivity contribution in [3.63, 3.8) is 0 Å². The number of aliphatic hydroxyl groups is 1. The van der Waals surface area contributed by atoms with Gasteiger partial charge in [0.25, 0.3) is 0 Å². The van der Waals surface area contributed by atoms with E-state index >= 15 is 0 Å². The highest BCUT2D eigenvalue weighted by atomic mass is 16.5. The van der Waals surface area contributed by atoms with E-state index in [1.807, 2.05) is 6.92 Å². The summed E-state index contributed by atoms with van der Waals surface area (Å²) < 4.78 is 5.38. The van der Waals surface area contributed by atoms with Crippen LogP contribution in [0, 0.1) is 11.8 Å². The smallest absolute Gasteiger partial charge is 0.0494 e. The van der Waals surface area contributed by atoms with Gasteiger partial charge in [0, 0.05) is 19.8 Å². The van der Waals surface area contributed by atoms with Crippen molar-refractivity contribution in [3.8, 4) is 0 Å². The third-order valence-corrected chi connectivity index (χ3v) is 2.78. The lowest BCUT2D eigenvalue weighted by Gasteiger charge is -2.26. The van der Waals surface area contributed by atoms with Crippen LogP contribution in [0.5, 0.6) is 0 Å². The second kappa shape index (κ2) is 5.55. The molecule has 1 aliphatic rings. The Hall–Kier alpha value is -0.0800. The number of ether oxygens (including phenoxy) is 1. The minimum atomic E-state index is 0.376. The van der Waals surface area contributed by atoms with E-state index in [4.69, 9.17) is 9.84 Å². The monoisotopic (exact) mass is 172 g/mol. The predicted octanol–water partition coefficient (Wildman–Crippen LogP) is 1.82. The topological polar surface area (TPSA) is 29.5 Å². The Morgan fingerprint density at radius 1 is 1.17 bits per heavy atom. The molecule has 0 unspecified atom stereocenters. The first-order chi connectivity index (χ1) is 5.86. The molecule has 0 bridgehead atoms. The van der Waals surface area contributed by atoms with Crippen LogP contribution >= 0.6 is 0 Å². The van der Waals surface area contributed by atoms with Crippen LogP contribution in [-0.4, -0.2) is 24.9 Å². The molecule has 1 rings (SSSR count). The van der Waals surface area contributed by atoms with Crippen molar-refractivity contribution in [3.05, 3.63) is 0 Å². The van der Waals surface area contributed by atoms with Crippen molar-refractivity contribution >= 4 is 0 Å². The van der Waals surface area contributed by atoms with Gasteiger partial charge in [-0.15, -0.1) is 0 Å². The zero-order valence-electron chi connectivity index (χ0n) is 7.96. The molecule has 0 aliphatic heterocycles. The summed E-state index contributed by atoms with van der Waals surface area (Å²) in [4.78, 5) is 0. The van der Waals surface area contributed by atoms with Gasteiger partial charge in [0.15, 0.2) is 0 Å². The molecule has 1 saturated carbocycles. The Labute approximate surface area is 74.9 Å². The van der Waals surface area contributed by atoms with Crippen molar-refractivity contribution in [1.29, 1.82) is 0 Å². The molecular formula is C10H20O2. The molecule has 1 fully saturated rings. The average molecular weight is 172 g/mol. The molecule has 72 valence electrons. The van der Waals surface area contributed by atoms with Crippen LogP contribution in [0.1, 0.15) is 32.6 Å². The summed E-state index contributed by atoms with van der Waals surface area (Å²) in [7, 11) is 0. The number of aliphatic hydroxyl groups excluding tert-OH is 1. The normalized spacial score (nSPS) is 30.5. The van der Waals surface area contributed by atoms with Crippen LogP contribution < -0.4 is 0 Å². The molecular weight excluding hydrogens is 152 g/mol. The van der Waals surface area contributed by atoms with Crippen LogP contribution in [0.15, 0.2) is 0 Å². The summed E-state index contributed by atoms with van der Waals surface area (Å²) in [6.07, 6.45) is 4.86. The van der Waals surface area contributed by atoms with E-state index < -0.39 is 0 Å². The number of hydrogen-bond donors (Lipinski definition) is 1. The summed E-state index contributed by atoms with van der Waals surface area (Å²) in [6, 6.07) is 0. The fraction of sp³-hybridized carbons (Fsp3) is 1.00. The Kier molecular flexibility index (Phi) is 4.62. The molecule has 2 heteroatoms. The SMILES string of the molecule is CCOCC1CCC(CO)CC1. The molecule has 0 saturated heterocycles. The van der Waals surface area contributed by atoms with Crippen LogP contribution in [0.2, 0.25) is 0 Å². The molecule has 12 heavy (non-hydrogen) atoms. The first kappa shape index (κ1) is 10.0. The van der Waals surface area contributed by atoms with E-state index in [9.17, 15) is 0 Å². The van der Waals surface area contributed by atoms with Gasteiger partial charge >= 0.3 is 0 Å². The first-order valence-electron chi connectivity index (χ1n) is 5.05. The average Bonchev–Trinajstić information content (AvgIpc) is 2.15. The van der Waals surface area contributed by atoms with E-state index in [2.05, 4.69) is 0 Å². The molecule has 0 radical (unpaired) electrons. The summed E-state index contributed by atoms with van der Waals surface area (Å²) >= 11 is 0. The fourth-order valence-electron chi connectivity index (χ4n) is 1.87. The number of rotatable bonds is 4. The lowest BCUT2D eigenvalue weighted by atomic mass is 9.83. The van der Waals surface area contributed by atoms with Gasteiger partial charge < -0.3 is 9.84 Å². The molecule has 0 aromatic carbocycles. The molecule has 0 heterocycles. The summed E-state index contributed by atoms with van der Waals surface area (Å²) in [5.74, 6) is 1.33. The Balaban J connectivity index is 2.09. The lowest BCUT2D eigenvalue weighted by molar-refractivity contribution is 0.0769. The van der Waals surface area contributed by atoms with Gasteiger partial charge in [0.2, 0.25) is 0 Å². The van der Waals surface area contributed by atoms with Gasteiger partial charge in [-0.3, -0.25) is 0 Å². The maximum absolute atomic E-state index is 8.92. The fourth-order valence-corrected chi connectivity index (χ4v) is 1.87. The highest BCUT2D eigenvalue weighted by molar-refractivity contribution is 4.71. The van der Waals surface area contributed by atoms with Crippen molar-refractivity contribution in [2.24, 2.45) is 11.8 Å². The standard InChI is InChI=1S/C10H20O2/c1-2-12-8-10-5-3-9(7-11)4-6-10/h9-11H,2-8H2,1H3. The van der Waals surface area contributed by atoms with Gasteiger partial charge in [0.05, 0.1) is 0 Å². The highest BCUT2D eigenvalue weighted by Crippen LogP contribution is 2.28. The maximum atomic E-state index is 8.92. The summed E-state index contributed by atoms with van der Waals surface area (Å²) in [5.41, 5.74) is 0. The van der Waals surface area contributed by atoms with Gasteiger partial charge in [-0.1, -0.05) is 0 Å². The van der Waals surface area contributed by atoms with Gasteiger partial charge in [-0.2, -0.15) is 0 Å². The molecule has 0 amide bonds. The van der Waals surface area contributed by atoms with Crippen LogP contribution in [-0.2, 0) is 4.74 Å². The summed E-state index contributed by atoms with van der Waals surface area (Å²) in [5, 5.41) is 8.92. The molecule has 2 nitrogen and oxygen atoms in total. The van der Waals surface area contributed by atoms with E-state index in [1.54, 1.807) is 0 Å². The zero-order chi connectivity index (χ0) is 8.81. The van der Waals surface area contributed by atoms with Gasteiger partial charge in [-0.25, -0.2) is 0 Å². The molecule has 1 N–H and O–H groups in total. The quantitative estimate of drug-likeness (QED) is 0.701. The molecule has 0 aromatic rings. The van der Waals surface area contributed by atoms with Gasteiger partial charge in [0.1, 0.15) is 0 Å². The Morgan fingerprint density at radius 3 is 2.25 bits per heavy atom. The molecule has 0 aromatic heterocycles. The van der Waals surface area contributed by atoms with Crippen LogP contribution in [0.3, 0.4) is 0 Å². The van der Waals surface area contributed by atoms with Crippen molar-refractivity contribution in [2.45, 2.75) is 32.6 Å². The number of hydrogen-bond acceptors (Lipinski definition) is 2. The minimum absolute atomic E-state index is 0.376. The lowest BCUT2D eigenvalue weighted by Crippen LogP contribution is -2.20. The van der Waals surface area contributed by atoms with Crippen molar-refractivity contribution in [1.82, 2.24) is 0 Å². The zero-order valence-corrected chi connectivity index (χ0v) is 7.96. The second-order valence-corrected chi connectivity index (χ2v) is 3.73. The van der Waals surface area contributed by atoms with E-state index in [0.717, 1.165) is 19.1 Å². The summed E-state index contributed by atoms with van der Waals surface area (Å²) in [6.45, 7) is 4.18. The third kappa shape index (κ3) is 3.11. The second-order valence-electron chi connectivity index (χ2n) is 3.73. The Morgan fingerprint density at radius 2 is 1.75 bits per heavy atom. The van der Waals surface area contributed by atoms with E-state index in [1.165, 1.54) is 25.7 Å².